The van der Waals surface area contributed by atoms with E-state index in [1.807, 2.05) is 6.07 Å². The van der Waals surface area contributed by atoms with Crippen LogP contribution in [0, 0.1) is 0 Å². The topological polar surface area (TPSA) is 94.2 Å². The molecule has 1 amide bonds. The molecule has 0 unspecified atom stereocenters. The van der Waals surface area contributed by atoms with Crippen LogP contribution in [0.1, 0.15) is 5.56 Å². The van der Waals surface area contributed by atoms with Gasteiger partial charge >= 0.3 is 0 Å². The molecule has 0 aliphatic carbocycles. The lowest BCUT2D eigenvalue weighted by Crippen LogP contribution is -2.31. The summed E-state index contributed by atoms with van der Waals surface area (Å²) in [5.74, 6) is 0.650. The molecule has 0 radical (unpaired) electrons. The Labute approximate surface area is 214 Å². The van der Waals surface area contributed by atoms with Crippen molar-refractivity contribution in [2.24, 2.45) is 5.10 Å². The summed E-state index contributed by atoms with van der Waals surface area (Å²) < 4.78 is 17.3. The van der Waals surface area contributed by atoms with Gasteiger partial charge in [-0.25, -0.2) is 4.98 Å². The second-order valence-corrected chi connectivity index (χ2v) is 8.98. The maximum absolute atomic E-state index is 13.2. The van der Waals surface area contributed by atoms with E-state index in [0.29, 0.717) is 38.1 Å². The lowest BCUT2D eigenvalue weighted by Gasteiger charge is -2.14. The maximum atomic E-state index is 13.2. The monoisotopic (exact) mass is 519 g/mol. The number of carbonyl (C=O) groups is 1. The van der Waals surface area contributed by atoms with Crippen molar-refractivity contribution in [3.8, 4) is 11.5 Å². The Morgan fingerprint density at radius 2 is 1.92 bits per heavy atom. The summed E-state index contributed by atoms with van der Waals surface area (Å²) in [7, 11) is 1.58. The van der Waals surface area contributed by atoms with Crippen LogP contribution in [0.3, 0.4) is 0 Å². The maximum Gasteiger partial charge on any atom is 0.287 e. The number of halogens is 1. The van der Waals surface area contributed by atoms with Crippen molar-refractivity contribution in [1.29, 1.82) is 0 Å². The lowest BCUT2D eigenvalue weighted by molar-refractivity contribution is -0.120. The van der Waals surface area contributed by atoms with E-state index >= 15 is 0 Å². The molecule has 2 heterocycles. The van der Waals surface area contributed by atoms with Crippen molar-refractivity contribution in [2.45, 2.75) is 0 Å². The number of hydrazone groups is 1. The van der Waals surface area contributed by atoms with Crippen molar-refractivity contribution >= 4 is 61.4 Å². The first-order valence-electron chi connectivity index (χ1n) is 10.7. The highest BCUT2D eigenvalue weighted by atomic mass is 35.5. The molecule has 0 fully saturated rings. The zero-order valence-electron chi connectivity index (χ0n) is 18.9. The highest BCUT2D eigenvalue weighted by Gasteiger charge is 2.21. The smallest absolute Gasteiger partial charge is 0.287 e. The fourth-order valence-corrected chi connectivity index (χ4v) is 4.47. The summed E-state index contributed by atoms with van der Waals surface area (Å²) in [5.41, 5.74) is 1.06. The molecule has 2 aromatic heterocycles. The van der Waals surface area contributed by atoms with E-state index in [1.165, 1.54) is 23.8 Å². The third-order valence-electron chi connectivity index (χ3n) is 5.20. The summed E-state index contributed by atoms with van der Waals surface area (Å²) in [6.45, 7) is -0.315. The molecule has 0 aliphatic rings. The standard InChI is InChI=1S/C26H18ClN3O5S/c1-33-19-10-11-21-23(12-19)36-26(29-21)30(24(31)15-34-18-8-6-17(27)7-9-18)28-13-16-14-35-22-5-3-2-4-20(22)25(16)32/h2-14H,15H2,1H3/b28-13+. The summed E-state index contributed by atoms with van der Waals surface area (Å²) in [6.07, 6.45) is 2.59. The Morgan fingerprint density at radius 3 is 2.72 bits per heavy atom. The molecular formula is C26H18ClN3O5S. The van der Waals surface area contributed by atoms with E-state index in [2.05, 4.69) is 10.1 Å². The lowest BCUT2D eigenvalue weighted by atomic mass is 10.2. The molecule has 10 heteroatoms. The van der Waals surface area contributed by atoms with Crippen molar-refractivity contribution in [3.05, 3.63) is 93.8 Å². The van der Waals surface area contributed by atoms with Gasteiger partial charge in [0.15, 0.2) is 6.61 Å². The Morgan fingerprint density at radius 1 is 1.14 bits per heavy atom. The van der Waals surface area contributed by atoms with Crippen LogP contribution >= 0.6 is 22.9 Å². The van der Waals surface area contributed by atoms with Gasteiger partial charge in [-0.15, -0.1) is 0 Å². The van der Waals surface area contributed by atoms with Gasteiger partial charge in [0.25, 0.3) is 5.91 Å². The number of nitrogens with zero attached hydrogens (tertiary/aromatic N) is 3. The number of anilines is 1. The van der Waals surface area contributed by atoms with E-state index in [0.717, 1.165) is 9.71 Å². The van der Waals surface area contributed by atoms with Crippen molar-refractivity contribution in [2.75, 3.05) is 18.7 Å². The summed E-state index contributed by atoms with van der Waals surface area (Å²) >= 11 is 7.17. The van der Waals surface area contributed by atoms with Crippen LogP contribution in [-0.4, -0.2) is 30.8 Å². The van der Waals surface area contributed by atoms with E-state index in [1.54, 1.807) is 67.8 Å². The summed E-state index contributed by atoms with van der Waals surface area (Å²) in [4.78, 5) is 30.6. The molecule has 0 aliphatic heterocycles. The Balaban J connectivity index is 1.48. The summed E-state index contributed by atoms with van der Waals surface area (Å²) in [5, 5.41) is 6.70. The molecule has 5 rings (SSSR count). The predicted octanol–water partition coefficient (Wildman–Crippen LogP) is 5.51. The van der Waals surface area contributed by atoms with Crippen LogP contribution in [0.5, 0.6) is 11.5 Å². The van der Waals surface area contributed by atoms with Crippen LogP contribution < -0.4 is 19.9 Å². The minimum Gasteiger partial charge on any atom is -0.497 e. The fourth-order valence-electron chi connectivity index (χ4n) is 3.37. The molecular weight excluding hydrogens is 502 g/mol. The molecule has 0 bridgehead atoms. The number of aromatic nitrogens is 1. The van der Waals surface area contributed by atoms with E-state index in [4.69, 9.17) is 25.5 Å². The molecule has 3 aromatic carbocycles. The number of ether oxygens (including phenoxy) is 2. The third kappa shape index (κ3) is 4.93. The molecule has 0 saturated carbocycles. The van der Waals surface area contributed by atoms with E-state index in [-0.39, 0.29) is 17.6 Å². The zero-order chi connectivity index (χ0) is 25.1. The zero-order valence-corrected chi connectivity index (χ0v) is 20.5. The molecule has 8 nitrogen and oxygen atoms in total. The number of benzene rings is 3. The van der Waals surface area contributed by atoms with Crippen molar-refractivity contribution in [1.82, 2.24) is 4.98 Å². The van der Waals surface area contributed by atoms with Gasteiger partial charge in [0.05, 0.1) is 34.5 Å². The number of fused-ring (bicyclic) bond motifs is 2. The van der Waals surface area contributed by atoms with Crippen LogP contribution in [0.2, 0.25) is 5.02 Å². The van der Waals surface area contributed by atoms with Gasteiger partial charge in [0.2, 0.25) is 10.6 Å². The van der Waals surface area contributed by atoms with Gasteiger partial charge in [-0.2, -0.15) is 10.1 Å². The van der Waals surface area contributed by atoms with E-state index < -0.39 is 5.91 Å². The second kappa shape index (κ2) is 10.2. The molecule has 0 N–H and O–H groups in total. The minimum atomic E-state index is -0.489. The third-order valence-corrected chi connectivity index (χ3v) is 6.44. The largest absolute Gasteiger partial charge is 0.497 e. The Kier molecular flexibility index (Phi) is 6.66. The number of amides is 1. The highest BCUT2D eigenvalue weighted by Crippen LogP contribution is 2.32. The second-order valence-electron chi connectivity index (χ2n) is 7.54. The van der Waals surface area contributed by atoms with Crippen LogP contribution in [0.25, 0.3) is 21.2 Å². The molecule has 5 aromatic rings. The molecule has 0 saturated heterocycles. The van der Waals surface area contributed by atoms with Gasteiger partial charge in [0.1, 0.15) is 23.3 Å². The number of methoxy groups -OCH3 is 1. The van der Waals surface area contributed by atoms with Gasteiger partial charge in [-0.05, 0) is 54.6 Å². The average molecular weight is 520 g/mol. The average Bonchev–Trinajstić information content (AvgIpc) is 3.32. The number of rotatable bonds is 7. The van der Waals surface area contributed by atoms with Crippen LogP contribution in [0.15, 0.2) is 87.3 Å². The molecule has 180 valence electrons. The number of para-hydroxylation sites is 1. The molecule has 0 spiro atoms. The molecule has 36 heavy (non-hydrogen) atoms. The van der Waals surface area contributed by atoms with Gasteiger partial charge in [0, 0.05) is 5.02 Å². The van der Waals surface area contributed by atoms with Crippen LogP contribution in [0.4, 0.5) is 5.13 Å². The Hall–Kier alpha value is -4.21. The first kappa shape index (κ1) is 23.5. The normalized spacial score (nSPS) is 11.3. The van der Waals surface area contributed by atoms with Crippen LogP contribution in [-0.2, 0) is 4.79 Å². The quantitative estimate of drug-likeness (QED) is 0.208. The highest BCUT2D eigenvalue weighted by molar-refractivity contribution is 7.22. The SMILES string of the molecule is COc1ccc2nc(N(/N=C/c3coc4ccccc4c3=O)C(=O)COc3ccc(Cl)cc3)sc2c1. The molecule has 0 atom stereocenters. The number of hydrogen-bond donors (Lipinski definition) is 0. The van der Waals surface area contributed by atoms with Gasteiger partial charge in [-0.3, -0.25) is 9.59 Å². The first-order valence-corrected chi connectivity index (χ1v) is 11.9. The summed E-state index contributed by atoms with van der Waals surface area (Å²) in [6, 6.07) is 19.0. The minimum absolute atomic E-state index is 0.188. The number of thiazole rings is 1. The number of hydrogen-bond acceptors (Lipinski definition) is 8. The van der Waals surface area contributed by atoms with Crippen molar-refractivity contribution in [3.63, 3.8) is 0 Å². The van der Waals surface area contributed by atoms with Gasteiger partial charge < -0.3 is 13.9 Å². The predicted molar refractivity (Wildman–Crippen MR) is 141 cm³/mol. The first-order chi connectivity index (χ1) is 17.5. The fraction of sp³-hybridized carbons (Fsp3) is 0.0769. The van der Waals surface area contributed by atoms with E-state index in [9.17, 15) is 9.59 Å². The van der Waals surface area contributed by atoms with Crippen molar-refractivity contribution < 1.29 is 18.7 Å². The number of carbonyl (C=O) groups excluding carboxylic acids is 1. The van der Waals surface area contributed by atoms with Gasteiger partial charge in [-0.1, -0.05) is 35.1 Å². The Bertz CT molecular complexity index is 1650.